The van der Waals surface area contributed by atoms with Crippen molar-refractivity contribution in [1.29, 1.82) is 0 Å². The van der Waals surface area contributed by atoms with Crippen LogP contribution in [0.3, 0.4) is 0 Å². The molecule has 5 rings (SSSR count). The topological polar surface area (TPSA) is 81.5 Å². The van der Waals surface area contributed by atoms with Crippen LogP contribution >= 0.6 is 0 Å². The number of carbonyl (C=O) groups is 1. The van der Waals surface area contributed by atoms with E-state index in [4.69, 9.17) is 4.74 Å². The molecule has 0 saturated heterocycles. The third-order valence-electron chi connectivity index (χ3n) is 7.04. The maximum atomic E-state index is 12.3. The van der Waals surface area contributed by atoms with E-state index in [0.29, 0.717) is 35.8 Å². The van der Waals surface area contributed by atoms with Crippen molar-refractivity contribution in [2.24, 2.45) is 17.8 Å². The van der Waals surface area contributed by atoms with Crippen molar-refractivity contribution in [3.05, 3.63) is 69.3 Å². The maximum Gasteiger partial charge on any atom is 0.338 e. The summed E-state index contributed by atoms with van der Waals surface area (Å²) in [6, 6.07) is 12.8. The second kappa shape index (κ2) is 6.87. The molecule has 150 valence electrons. The van der Waals surface area contributed by atoms with E-state index in [1.54, 1.807) is 18.2 Å². The van der Waals surface area contributed by atoms with Gasteiger partial charge in [0.2, 0.25) is 0 Å². The molecule has 29 heavy (non-hydrogen) atoms. The number of fused-ring (bicyclic) bond motifs is 7. The van der Waals surface area contributed by atoms with Crippen molar-refractivity contribution in [2.75, 3.05) is 11.9 Å². The van der Waals surface area contributed by atoms with E-state index in [9.17, 15) is 14.9 Å². The summed E-state index contributed by atoms with van der Waals surface area (Å²) in [5.41, 5.74) is 3.94. The summed E-state index contributed by atoms with van der Waals surface area (Å²) >= 11 is 0. The van der Waals surface area contributed by atoms with Crippen LogP contribution in [0.4, 0.5) is 11.4 Å². The molecule has 0 spiro atoms. The number of nitrogens with one attached hydrogen (secondary N) is 1. The summed E-state index contributed by atoms with van der Waals surface area (Å²) < 4.78 is 5.20. The number of nitro groups is 1. The van der Waals surface area contributed by atoms with Gasteiger partial charge in [0.1, 0.15) is 0 Å². The molecule has 6 heteroatoms. The average Bonchev–Trinajstić information content (AvgIpc) is 3.35. The molecule has 2 bridgehead atoms. The Hall–Kier alpha value is -2.89. The number of esters is 1. The molecule has 0 unspecified atom stereocenters. The minimum Gasteiger partial charge on any atom is -0.462 e. The number of anilines is 1. The molecule has 2 aliphatic carbocycles. The summed E-state index contributed by atoms with van der Waals surface area (Å²) in [4.78, 5) is 23.2. The maximum absolute atomic E-state index is 12.3. The summed E-state index contributed by atoms with van der Waals surface area (Å²) in [6.07, 6.45) is 3.63. The van der Waals surface area contributed by atoms with Crippen molar-refractivity contribution < 1.29 is 14.5 Å². The van der Waals surface area contributed by atoms with Gasteiger partial charge >= 0.3 is 5.97 Å². The van der Waals surface area contributed by atoms with Crippen LogP contribution in [0.5, 0.6) is 0 Å². The number of non-ortho nitro benzene ring substituents is 1. The van der Waals surface area contributed by atoms with Gasteiger partial charge in [-0.2, -0.15) is 0 Å². The highest BCUT2D eigenvalue weighted by Gasteiger charge is 2.54. The molecule has 2 fully saturated rings. The highest BCUT2D eigenvalue weighted by Crippen LogP contribution is 2.63. The minimum atomic E-state index is -0.329. The lowest BCUT2D eigenvalue weighted by Gasteiger charge is -2.43. The fraction of sp³-hybridized carbons (Fsp3) is 0.435. The summed E-state index contributed by atoms with van der Waals surface area (Å²) in [6.45, 7) is 2.17. The number of hydrogen-bond donors (Lipinski definition) is 1. The standard InChI is InChI=1S/C23H24N2O4/c1-2-29-23(26)16-8-9-19-18(12-16)20-13-6-7-14(10-13)21(20)22(24-19)15-4-3-5-17(11-15)25(27)28/h3-5,8-9,11-14,20-22,24H,2,6-7,10H2,1H3/t13-,14-,20-,21-,22-/m0/s1. The lowest BCUT2D eigenvalue weighted by atomic mass is 9.68. The van der Waals surface area contributed by atoms with E-state index in [-0.39, 0.29) is 22.6 Å². The SMILES string of the molecule is CCOC(=O)c1ccc2c(c1)[C@@H]1[C@H]3CC[C@@H](C3)[C@@H]1[C@H](c1cccc([N+](=O)[O-])c1)N2. The lowest BCUT2D eigenvalue weighted by molar-refractivity contribution is -0.384. The van der Waals surface area contributed by atoms with Crippen LogP contribution in [0.2, 0.25) is 0 Å². The molecular formula is C23H24N2O4. The number of ether oxygens (including phenoxy) is 1. The van der Waals surface area contributed by atoms with Crippen molar-refractivity contribution >= 4 is 17.3 Å². The van der Waals surface area contributed by atoms with Crippen molar-refractivity contribution in [1.82, 2.24) is 0 Å². The van der Waals surface area contributed by atoms with E-state index in [1.807, 2.05) is 31.2 Å². The first kappa shape index (κ1) is 18.2. The molecule has 0 radical (unpaired) electrons. The molecular weight excluding hydrogens is 368 g/mol. The van der Waals surface area contributed by atoms with Gasteiger partial charge in [0.25, 0.3) is 5.69 Å². The Morgan fingerprint density at radius 1 is 1.21 bits per heavy atom. The molecule has 1 heterocycles. The van der Waals surface area contributed by atoms with Gasteiger partial charge in [-0.15, -0.1) is 0 Å². The smallest absolute Gasteiger partial charge is 0.338 e. The molecule has 0 aromatic heterocycles. The third-order valence-corrected chi connectivity index (χ3v) is 7.04. The average molecular weight is 392 g/mol. The Morgan fingerprint density at radius 2 is 2.03 bits per heavy atom. The first-order valence-electron chi connectivity index (χ1n) is 10.4. The monoisotopic (exact) mass is 392 g/mol. The zero-order chi connectivity index (χ0) is 20.1. The van der Waals surface area contributed by atoms with Crippen molar-refractivity contribution in [3.63, 3.8) is 0 Å². The normalized spacial score (nSPS) is 28.9. The number of hydrogen-bond acceptors (Lipinski definition) is 5. The molecule has 0 amide bonds. The summed E-state index contributed by atoms with van der Waals surface area (Å²) in [5.74, 6) is 1.71. The predicted octanol–water partition coefficient (Wildman–Crippen LogP) is 5.07. The number of nitrogens with zero attached hydrogens (tertiary/aromatic N) is 1. The van der Waals surface area contributed by atoms with Gasteiger partial charge in [-0.1, -0.05) is 12.1 Å². The highest BCUT2D eigenvalue weighted by atomic mass is 16.6. The highest BCUT2D eigenvalue weighted by molar-refractivity contribution is 5.90. The first-order chi connectivity index (χ1) is 14.1. The molecule has 2 aromatic rings. The fourth-order valence-corrected chi connectivity index (χ4v) is 5.99. The van der Waals surface area contributed by atoms with Gasteiger partial charge in [0.05, 0.1) is 23.1 Å². The van der Waals surface area contributed by atoms with Gasteiger partial charge in [0, 0.05) is 17.8 Å². The third kappa shape index (κ3) is 2.89. The summed E-state index contributed by atoms with van der Waals surface area (Å²) in [5, 5.41) is 14.9. The van der Waals surface area contributed by atoms with E-state index < -0.39 is 0 Å². The van der Waals surface area contributed by atoms with E-state index in [2.05, 4.69) is 5.32 Å². The molecule has 3 aliphatic rings. The zero-order valence-electron chi connectivity index (χ0n) is 16.3. The van der Waals surface area contributed by atoms with Gasteiger partial charge in [-0.25, -0.2) is 4.79 Å². The molecule has 1 N–H and O–H groups in total. The molecule has 1 aliphatic heterocycles. The second-order valence-electron chi connectivity index (χ2n) is 8.43. The van der Waals surface area contributed by atoms with Crippen molar-refractivity contribution in [2.45, 2.75) is 38.1 Å². The van der Waals surface area contributed by atoms with E-state index in [0.717, 1.165) is 11.3 Å². The Bertz CT molecular complexity index is 989. The van der Waals surface area contributed by atoms with Crippen LogP contribution in [0.1, 0.15) is 59.6 Å². The van der Waals surface area contributed by atoms with E-state index in [1.165, 1.54) is 24.8 Å². The first-order valence-corrected chi connectivity index (χ1v) is 10.4. The second-order valence-corrected chi connectivity index (χ2v) is 8.43. The Balaban J connectivity index is 1.57. The summed E-state index contributed by atoms with van der Waals surface area (Å²) in [7, 11) is 0. The van der Waals surface area contributed by atoms with Crippen LogP contribution in [0.15, 0.2) is 42.5 Å². The fourth-order valence-electron chi connectivity index (χ4n) is 5.99. The Labute approximate surface area is 169 Å². The van der Waals surface area contributed by atoms with Crippen LogP contribution in [0, 0.1) is 27.9 Å². The minimum absolute atomic E-state index is 0.0520. The Kier molecular flexibility index (Phi) is 4.30. The quantitative estimate of drug-likeness (QED) is 0.446. The zero-order valence-corrected chi connectivity index (χ0v) is 16.3. The molecule has 6 nitrogen and oxygen atoms in total. The van der Waals surface area contributed by atoms with E-state index >= 15 is 0 Å². The van der Waals surface area contributed by atoms with Crippen LogP contribution in [-0.2, 0) is 4.74 Å². The molecule has 5 atom stereocenters. The van der Waals surface area contributed by atoms with Gasteiger partial charge < -0.3 is 10.1 Å². The van der Waals surface area contributed by atoms with Gasteiger partial charge in [-0.3, -0.25) is 10.1 Å². The van der Waals surface area contributed by atoms with Crippen LogP contribution < -0.4 is 5.32 Å². The number of benzene rings is 2. The van der Waals surface area contributed by atoms with Crippen LogP contribution in [0.25, 0.3) is 0 Å². The van der Waals surface area contributed by atoms with Crippen molar-refractivity contribution in [3.8, 4) is 0 Å². The van der Waals surface area contributed by atoms with Gasteiger partial charge in [0.15, 0.2) is 0 Å². The predicted molar refractivity (Wildman–Crippen MR) is 109 cm³/mol. The molecule has 2 saturated carbocycles. The van der Waals surface area contributed by atoms with Gasteiger partial charge in [-0.05, 0) is 79.2 Å². The molecule has 2 aromatic carbocycles. The number of nitro benzene ring substituents is 1. The largest absolute Gasteiger partial charge is 0.462 e. The van der Waals surface area contributed by atoms with Crippen LogP contribution in [-0.4, -0.2) is 17.5 Å². The number of carbonyl (C=O) groups excluding carboxylic acids is 1. The lowest BCUT2D eigenvalue weighted by Crippen LogP contribution is -2.35. The Morgan fingerprint density at radius 3 is 2.83 bits per heavy atom. The number of rotatable bonds is 4.